The minimum absolute atomic E-state index is 0.291. The van der Waals surface area contributed by atoms with Crippen LogP contribution < -0.4 is 15.4 Å². The molecule has 5 nitrogen and oxygen atoms in total. The number of urea groups is 1. The number of ether oxygens (including phenoxy) is 2. The molecule has 1 atom stereocenters. The van der Waals surface area contributed by atoms with Crippen LogP contribution in [0.5, 0.6) is 5.75 Å². The molecular weight excluding hydrogens is 328 g/mol. The van der Waals surface area contributed by atoms with Crippen LogP contribution in [0.15, 0.2) is 48.5 Å². The molecule has 0 saturated heterocycles. The topological polar surface area (TPSA) is 59.6 Å². The molecule has 0 bridgehead atoms. The second kappa shape index (κ2) is 8.04. The zero-order valence-electron chi connectivity index (χ0n) is 13.9. The number of amides is 2. The number of methoxy groups -OCH3 is 2. The minimum Gasteiger partial charge on any atom is -0.497 e. The van der Waals surface area contributed by atoms with Gasteiger partial charge in [-0.05, 0) is 36.8 Å². The Morgan fingerprint density at radius 1 is 1.17 bits per heavy atom. The number of rotatable bonds is 6. The zero-order valence-corrected chi connectivity index (χ0v) is 14.7. The van der Waals surface area contributed by atoms with E-state index in [1.807, 2.05) is 31.2 Å². The molecule has 24 heavy (non-hydrogen) atoms. The van der Waals surface area contributed by atoms with Crippen molar-refractivity contribution in [1.82, 2.24) is 5.32 Å². The van der Waals surface area contributed by atoms with Gasteiger partial charge in [0.1, 0.15) is 11.4 Å². The van der Waals surface area contributed by atoms with Gasteiger partial charge in [0.2, 0.25) is 0 Å². The van der Waals surface area contributed by atoms with Gasteiger partial charge in [0, 0.05) is 23.9 Å². The number of hydrogen-bond donors (Lipinski definition) is 2. The van der Waals surface area contributed by atoms with E-state index in [-0.39, 0.29) is 6.03 Å². The van der Waals surface area contributed by atoms with Crippen molar-refractivity contribution in [3.63, 3.8) is 0 Å². The Balaban J connectivity index is 2.00. The fraction of sp³-hybridized carbons (Fsp3) is 0.278. The molecule has 0 radical (unpaired) electrons. The van der Waals surface area contributed by atoms with Gasteiger partial charge in [-0.2, -0.15) is 0 Å². The average Bonchev–Trinajstić information content (AvgIpc) is 2.60. The van der Waals surface area contributed by atoms with Crippen molar-refractivity contribution in [2.45, 2.75) is 12.5 Å². The number of anilines is 1. The van der Waals surface area contributed by atoms with Crippen LogP contribution >= 0.6 is 11.6 Å². The first-order chi connectivity index (χ1) is 11.5. The van der Waals surface area contributed by atoms with Gasteiger partial charge < -0.3 is 20.1 Å². The summed E-state index contributed by atoms with van der Waals surface area (Å²) in [5.74, 6) is 0.674. The molecule has 0 unspecified atom stereocenters. The third kappa shape index (κ3) is 4.63. The van der Waals surface area contributed by atoms with Gasteiger partial charge in [-0.3, -0.25) is 0 Å². The normalized spacial score (nSPS) is 13.0. The summed E-state index contributed by atoms with van der Waals surface area (Å²) >= 11 is 6.04. The largest absolute Gasteiger partial charge is 0.497 e. The lowest BCUT2D eigenvalue weighted by Gasteiger charge is -2.29. The molecule has 0 saturated carbocycles. The van der Waals surface area contributed by atoms with Crippen LogP contribution in [0.2, 0.25) is 5.02 Å². The van der Waals surface area contributed by atoms with Crippen LogP contribution in [0.1, 0.15) is 12.5 Å². The second-order valence-corrected chi connectivity index (χ2v) is 5.92. The van der Waals surface area contributed by atoms with Gasteiger partial charge in [-0.25, -0.2) is 4.79 Å². The molecule has 2 aromatic carbocycles. The lowest BCUT2D eigenvalue weighted by Crippen LogP contribution is -2.41. The zero-order chi connectivity index (χ0) is 17.6. The first-order valence-electron chi connectivity index (χ1n) is 7.47. The molecule has 2 amide bonds. The SMILES string of the molecule is COc1cccc(NC(=O)NC[C@@](C)(OC)c2cccc(Cl)c2)c1. The number of halogens is 1. The van der Waals surface area contributed by atoms with Crippen molar-refractivity contribution in [3.8, 4) is 5.75 Å². The highest BCUT2D eigenvalue weighted by molar-refractivity contribution is 6.30. The van der Waals surface area contributed by atoms with Crippen molar-refractivity contribution in [1.29, 1.82) is 0 Å². The number of carbonyl (C=O) groups is 1. The predicted molar refractivity (Wildman–Crippen MR) is 95.8 cm³/mol. The Hall–Kier alpha value is -2.24. The van der Waals surface area contributed by atoms with Crippen molar-refractivity contribution in [2.24, 2.45) is 0 Å². The van der Waals surface area contributed by atoms with Crippen LogP contribution in [0.25, 0.3) is 0 Å². The molecule has 0 fully saturated rings. The smallest absolute Gasteiger partial charge is 0.319 e. The van der Waals surface area contributed by atoms with Crippen molar-refractivity contribution in [2.75, 3.05) is 26.1 Å². The van der Waals surface area contributed by atoms with Gasteiger partial charge in [-0.15, -0.1) is 0 Å². The van der Waals surface area contributed by atoms with E-state index in [2.05, 4.69) is 10.6 Å². The highest BCUT2D eigenvalue weighted by atomic mass is 35.5. The third-order valence-corrected chi connectivity index (χ3v) is 4.03. The minimum atomic E-state index is -0.684. The molecule has 0 aliphatic carbocycles. The summed E-state index contributed by atoms with van der Waals surface area (Å²) < 4.78 is 10.7. The maximum Gasteiger partial charge on any atom is 0.319 e. The predicted octanol–water partition coefficient (Wildman–Crippen LogP) is 4.03. The van der Waals surface area contributed by atoms with Crippen LogP contribution in [0, 0.1) is 0 Å². The highest BCUT2D eigenvalue weighted by Gasteiger charge is 2.27. The molecule has 2 N–H and O–H groups in total. The third-order valence-electron chi connectivity index (χ3n) is 3.80. The van der Waals surface area contributed by atoms with Crippen LogP contribution in [-0.4, -0.2) is 26.8 Å². The van der Waals surface area contributed by atoms with Crippen LogP contribution in [-0.2, 0) is 10.3 Å². The Kier molecular flexibility index (Phi) is 6.06. The molecular formula is C18H21ClN2O3. The average molecular weight is 349 g/mol. The summed E-state index contributed by atoms with van der Waals surface area (Å²) in [5, 5.41) is 6.21. The van der Waals surface area contributed by atoms with E-state index in [4.69, 9.17) is 21.1 Å². The van der Waals surface area contributed by atoms with Crippen molar-refractivity contribution >= 4 is 23.3 Å². The molecule has 0 heterocycles. The first-order valence-corrected chi connectivity index (χ1v) is 7.85. The van der Waals surface area contributed by atoms with Gasteiger partial charge in [0.25, 0.3) is 0 Å². The van der Waals surface area contributed by atoms with E-state index < -0.39 is 5.60 Å². The molecule has 2 rings (SSSR count). The van der Waals surface area contributed by atoms with E-state index >= 15 is 0 Å². The Bertz CT molecular complexity index is 708. The van der Waals surface area contributed by atoms with Crippen molar-refractivity contribution < 1.29 is 14.3 Å². The van der Waals surface area contributed by atoms with E-state index in [1.54, 1.807) is 38.5 Å². The Morgan fingerprint density at radius 2 is 1.92 bits per heavy atom. The van der Waals surface area contributed by atoms with Gasteiger partial charge in [-0.1, -0.05) is 29.8 Å². The van der Waals surface area contributed by atoms with E-state index in [0.29, 0.717) is 23.0 Å². The highest BCUT2D eigenvalue weighted by Crippen LogP contribution is 2.26. The first kappa shape index (κ1) is 18.1. The van der Waals surface area contributed by atoms with E-state index in [0.717, 1.165) is 5.56 Å². The summed E-state index contributed by atoms with van der Waals surface area (Å²) in [6.45, 7) is 2.18. The second-order valence-electron chi connectivity index (χ2n) is 5.48. The van der Waals surface area contributed by atoms with Gasteiger partial charge in [0.05, 0.1) is 13.7 Å². The number of carbonyl (C=O) groups excluding carboxylic acids is 1. The standard InChI is InChI=1S/C18H21ClN2O3/c1-18(24-3,13-6-4-7-14(19)10-13)12-20-17(22)21-15-8-5-9-16(11-15)23-2/h4-11H,12H2,1-3H3,(H2,20,21,22)/t18-/m1/s1. The van der Waals surface area contributed by atoms with Crippen LogP contribution in [0.3, 0.4) is 0 Å². The maximum absolute atomic E-state index is 12.1. The Morgan fingerprint density at radius 3 is 2.58 bits per heavy atom. The number of nitrogens with one attached hydrogen (secondary N) is 2. The molecule has 0 aromatic heterocycles. The molecule has 128 valence electrons. The molecule has 2 aromatic rings. The van der Waals surface area contributed by atoms with Crippen molar-refractivity contribution in [3.05, 3.63) is 59.1 Å². The lowest BCUT2D eigenvalue weighted by atomic mass is 9.96. The summed E-state index contributed by atoms with van der Waals surface area (Å²) in [6, 6.07) is 14.2. The molecule has 0 aliphatic rings. The van der Waals surface area contributed by atoms with E-state index in [9.17, 15) is 4.79 Å². The van der Waals surface area contributed by atoms with E-state index in [1.165, 1.54) is 0 Å². The lowest BCUT2D eigenvalue weighted by molar-refractivity contribution is 0.00521. The fourth-order valence-corrected chi connectivity index (χ4v) is 2.42. The summed E-state index contributed by atoms with van der Waals surface area (Å²) in [6.07, 6.45) is 0. The quantitative estimate of drug-likeness (QED) is 0.828. The molecule has 0 aliphatic heterocycles. The molecule has 6 heteroatoms. The fourth-order valence-electron chi connectivity index (χ4n) is 2.23. The monoisotopic (exact) mass is 348 g/mol. The summed E-state index contributed by atoms with van der Waals surface area (Å²) in [7, 11) is 3.18. The maximum atomic E-state index is 12.1. The van der Waals surface area contributed by atoms with Gasteiger partial charge >= 0.3 is 6.03 Å². The number of benzene rings is 2. The summed E-state index contributed by atoms with van der Waals surface area (Å²) in [4.78, 5) is 12.1. The van der Waals surface area contributed by atoms with Gasteiger partial charge in [0.15, 0.2) is 0 Å². The summed E-state index contributed by atoms with van der Waals surface area (Å²) in [5.41, 5.74) is 0.851. The van der Waals surface area contributed by atoms with Crippen LogP contribution in [0.4, 0.5) is 10.5 Å². The number of hydrogen-bond acceptors (Lipinski definition) is 3. The Labute approximate surface area is 146 Å². The molecule has 0 spiro atoms.